The van der Waals surface area contributed by atoms with E-state index >= 15 is 0 Å². The van der Waals surface area contributed by atoms with Crippen LogP contribution in [0.4, 0.5) is 17.5 Å². The number of thiazole rings is 1. The van der Waals surface area contributed by atoms with Crippen LogP contribution in [0.15, 0.2) is 41.5 Å². The summed E-state index contributed by atoms with van der Waals surface area (Å²) in [5, 5.41) is 6.25. The number of imidazole rings is 1. The molecule has 1 aromatic carbocycles. The average Bonchev–Trinajstić information content (AvgIpc) is 3.49. The van der Waals surface area contributed by atoms with Crippen LogP contribution >= 0.6 is 18.5 Å². The van der Waals surface area contributed by atoms with Gasteiger partial charge in [0.1, 0.15) is 13.5 Å². The van der Waals surface area contributed by atoms with E-state index in [4.69, 9.17) is 9.97 Å². The van der Waals surface area contributed by atoms with Crippen LogP contribution in [0.1, 0.15) is 32.1 Å². The van der Waals surface area contributed by atoms with Crippen LogP contribution in [0.2, 0.25) is 0 Å². The third kappa shape index (κ3) is 4.52. The molecule has 1 saturated carbocycles. The van der Waals surface area contributed by atoms with E-state index in [2.05, 4.69) is 27.2 Å². The highest BCUT2D eigenvalue weighted by atomic mass is 32.1. The molecule has 0 atom stereocenters. The number of nitrogens with zero attached hydrogens (tertiary/aromatic N) is 6. The molecule has 0 aliphatic heterocycles. The fourth-order valence-corrected chi connectivity index (χ4v) is 5.69. The van der Waals surface area contributed by atoms with Gasteiger partial charge < -0.3 is 14.8 Å². The van der Waals surface area contributed by atoms with Crippen LogP contribution in [-0.4, -0.2) is 50.9 Å². The minimum absolute atomic E-state index is 0.433. The Kier molecular flexibility index (Phi) is 5.93. The van der Waals surface area contributed by atoms with E-state index in [1.165, 1.54) is 30.6 Å². The first kappa shape index (κ1) is 22.0. The molecule has 0 unspecified atom stereocenters. The first-order valence-electron chi connectivity index (χ1n) is 11.2. The zero-order valence-corrected chi connectivity index (χ0v) is 20.8. The number of aromatic nitrogens is 5. The van der Waals surface area contributed by atoms with Gasteiger partial charge in [0.25, 0.3) is 0 Å². The van der Waals surface area contributed by atoms with Gasteiger partial charge >= 0.3 is 0 Å². The largest absolute Gasteiger partial charge is 0.341 e. The molecule has 1 fully saturated rings. The van der Waals surface area contributed by atoms with Crippen LogP contribution in [0, 0.1) is 0 Å². The highest BCUT2D eigenvalue weighted by Crippen LogP contribution is 2.35. The molecule has 0 saturated heterocycles. The van der Waals surface area contributed by atoms with Gasteiger partial charge in [-0.25, -0.2) is 9.97 Å². The van der Waals surface area contributed by atoms with Crippen LogP contribution in [-0.2, 0) is 4.57 Å². The first-order valence-corrected chi connectivity index (χ1v) is 14.7. The lowest BCUT2D eigenvalue weighted by atomic mass is 9.95. The highest BCUT2D eigenvalue weighted by Gasteiger charge is 2.23. The van der Waals surface area contributed by atoms with Crippen molar-refractivity contribution in [2.75, 3.05) is 30.6 Å². The molecule has 1 aliphatic carbocycles. The smallest absolute Gasteiger partial charge is 0.229 e. The lowest BCUT2D eigenvalue weighted by molar-refractivity contribution is 0.424. The van der Waals surface area contributed by atoms with Gasteiger partial charge in [0.15, 0.2) is 22.8 Å². The molecule has 0 amide bonds. The Morgan fingerprint density at radius 2 is 1.85 bits per heavy atom. The molecule has 172 valence electrons. The normalized spacial score (nSPS) is 15.1. The maximum atomic E-state index is 12.4. The van der Waals surface area contributed by atoms with Crippen molar-refractivity contribution in [1.29, 1.82) is 0 Å². The number of hydrogen-bond acceptors (Lipinski definition) is 8. The Morgan fingerprint density at radius 1 is 1.09 bits per heavy atom. The van der Waals surface area contributed by atoms with E-state index < -0.39 is 7.14 Å². The van der Waals surface area contributed by atoms with Gasteiger partial charge in [-0.3, -0.25) is 4.57 Å². The van der Waals surface area contributed by atoms with E-state index in [0.717, 1.165) is 35.3 Å². The van der Waals surface area contributed by atoms with Crippen LogP contribution in [0.5, 0.6) is 0 Å². The number of fused-ring (bicyclic) bond motifs is 1. The third-order valence-corrected chi connectivity index (χ3v) is 8.36. The molecule has 0 spiro atoms. The number of benzene rings is 1. The topological polar surface area (TPSA) is 88.8 Å². The van der Waals surface area contributed by atoms with Crippen molar-refractivity contribution in [2.24, 2.45) is 0 Å². The molecule has 1 aliphatic rings. The Morgan fingerprint density at radius 3 is 2.52 bits per heavy atom. The first-order chi connectivity index (χ1) is 15.9. The molecular weight excluding hydrogens is 453 g/mol. The number of anilines is 3. The molecule has 3 aromatic heterocycles. The van der Waals surface area contributed by atoms with Gasteiger partial charge in [0.2, 0.25) is 5.95 Å². The van der Waals surface area contributed by atoms with Crippen molar-refractivity contribution in [2.45, 2.75) is 38.1 Å². The lowest BCUT2D eigenvalue weighted by Crippen LogP contribution is -2.34. The van der Waals surface area contributed by atoms with Gasteiger partial charge in [0, 0.05) is 29.5 Å². The number of hydrogen-bond donors (Lipinski definition) is 1. The van der Waals surface area contributed by atoms with E-state index in [1.807, 2.05) is 34.2 Å². The Labute approximate surface area is 197 Å². The van der Waals surface area contributed by atoms with Crippen LogP contribution < -0.4 is 15.5 Å². The van der Waals surface area contributed by atoms with Crippen molar-refractivity contribution >= 4 is 52.4 Å². The van der Waals surface area contributed by atoms with Gasteiger partial charge in [-0.1, -0.05) is 19.3 Å². The van der Waals surface area contributed by atoms with Crippen LogP contribution in [0.3, 0.4) is 0 Å². The minimum atomic E-state index is -2.30. The summed E-state index contributed by atoms with van der Waals surface area (Å²) >= 11 is 1.54. The van der Waals surface area contributed by atoms with E-state index in [9.17, 15) is 4.57 Å². The van der Waals surface area contributed by atoms with E-state index in [0.29, 0.717) is 23.3 Å². The average molecular weight is 482 g/mol. The lowest BCUT2D eigenvalue weighted by Gasteiger charge is -2.31. The molecule has 8 nitrogen and oxygen atoms in total. The fourth-order valence-electron chi connectivity index (χ4n) is 4.30. The van der Waals surface area contributed by atoms with Crippen LogP contribution in [0.25, 0.3) is 17.0 Å². The molecule has 5 rings (SSSR count). The SMILES string of the molecule is CN(c1nc(Nc2ccc(P(C)(C)=O)cc2)c2ncn(-c3cscn3)c2n1)C1CCCCC1. The van der Waals surface area contributed by atoms with Crippen molar-refractivity contribution < 1.29 is 4.57 Å². The van der Waals surface area contributed by atoms with Gasteiger partial charge in [-0.15, -0.1) is 11.3 Å². The maximum absolute atomic E-state index is 12.4. The molecule has 0 radical (unpaired) electrons. The molecule has 33 heavy (non-hydrogen) atoms. The van der Waals surface area contributed by atoms with Gasteiger partial charge in [-0.05, 0) is 50.4 Å². The van der Waals surface area contributed by atoms with Crippen molar-refractivity contribution in [3.05, 3.63) is 41.5 Å². The summed E-state index contributed by atoms with van der Waals surface area (Å²) in [5.41, 5.74) is 4.07. The molecule has 0 bridgehead atoms. The van der Waals surface area contributed by atoms with E-state index in [1.54, 1.807) is 25.2 Å². The standard InChI is InChI=1S/C23H28N7OPS/c1-29(17-7-5-4-6-8-17)23-27-21(26-16-9-11-18(12-10-16)32(2,3)31)20-22(28-23)30(14-24-20)19-13-33-15-25-19/h9-15,17H,4-8H2,1-3H3,(H,26,27,28). The van der Waals surface area contributed by atoms with Gasteiger partial charge in [-0.2, -0.15) is 9.97 Å². The Hall–Kier alpha value is -2.77. The summed E-state index contributed by atoms with van der Waals surface area (Å²) in [4.78, 5) is 21.1. The molecule has 1 N–H and O–H groups in total. The maximum Gasteiger partial charge on any atom is 0.229 e. The fraction of sp³-hybridized carbons (Fsp3) is 0.391. The predicted molar refractivity (Wildman–Crippen MR) is 136 cm³/mol. The second kappa shape index (κ2) is 8.88. The summed E-state index contributed by atoms with van der Waals surface area (Å²) in [5.74, 6) is 2.12. The monoisotopic (exact) mass is 481 g/mol. The minimum Gasteiger partial charge on any atom is -0.341 e. The molecule has 10 heteroatoms. The second-order valence-electron chi connectivity index (χ2n) is 8.93. The molecule has 3 heterocycles. The quantitative estimate of drug-likeness (QED) is 0.386. The summed E-state index contributed by atoms with van der Waals surface area (Å²) in [7, 11) is -0.220. The number of rotatable bonds is 6. The zero-order chi connectivity index (χ0) is 23.0. The van der Waals surface area contributed by atoms with Crippen molar-refractivity contribution in [1.82, 2.24) is 24.5 Å². The second-order valence-corrected chi connectivity index (χ2v) is 12.9. The molecular formula is C23H28N7OPS. The third-order valence-electron chi connectivity index (χ3n) is 6.24. The zero-order valence-electron chi connectivity index (χ0n) is 19.1. The van der Waals surface area contributed by atoms with E-state index in [-0.39, 0.29) is 0 Å². The van der Waals surface area contributed by atoms with Crippen molar-refractivity contribution in [3.8, 4) is 5.82 Å². The summed E-state index contributed by atoms with van der Waals surface area (Å²) in [6, 6.07) is 8.12. The number of nitrogens with one attached hydrogen (secondary N) is 1. The highest BCUT2D eigenvalue weighted by molar-refractivity contribution is 7.70. The Balaban J connectivity index is 1.57. The van der Waals surface area contributed by atoms with Gasteiger partial charge in [0.05, 0.1) is 5.51 Å². The molecule has 4 aromatic rings. The predicted octanol–water partition coefficient (Wildman–Crippen LogP) is 5.03. The van der Waals surface area contributed by atoms with Crippen molar-refractivity contribution in [3.63, 3.8) is 0 Å². The summed E-state index contributed by atoms with van der Waals surface area (Å²) < 4.78 is 14.3. The summed E-state index contributed by atoms with van der Waals surface area (Å²) in [6.45, 7) is 3.56. The summed E-state index contributed by atoms with van der Waals surface area (Å²) in [6.07, 6.45) is 7.83. The Bertz CT molecular complexity index is 1290.